The number of nitrogens with two attached hydrogens (primary N) is 1. The lowest BCUT2D eigenvalue weighted by molar-refractivity contribution is 0.0942. The van der Waals surface area contributed by atoms with Crippen LogP contribution in [-0.2, 0) is 10.0 Å². The van der Waals surface area contributed by atoms with Crippen LogP contribution in [0.5, 0.6) is 0 Å². The molecule has 2 rings (SSSR count). The number of halogens is 1. The fraction of sp³-hybridized carbons (Fsp3) is 0.583. The van der Waals surface area contributed by atoms with E-state index in [1.165, 1.54) is 10.4 Å². The second-order valence-electron chi connectivity index (χ2n) is 4.74. The van der Waals surface area contributed by atoms with E-state index >= 15 is 0 Å². The minimum atomic E-state index is -3.60. The Hall–Kier alpha value is -0.320. The first-order valence-electron chi connectivity index (χ1n) is 6.63. The van der Waals surface area contributed by atoms with Crippen LogP contribution in [0.15, 0.2) is 16.3 Å². The van der Waals surface area contributed by atoms with Gasteiger partial charge >= 0.3 is 0 Å². The lowest BCUT2D eigenvalue weighted by atomic mass is 10.3. The molecule has 10 heteroatoms. The fourth-order valence-electron chi connectivity index (χ4n) is 1.94. The molecule has 1 aliphatic rings. The second-order valence-corrected chi connectivity index (χ2v) is 8.79. The molecule has 1 atom stereocenters. The van der Waals surface area contributed by atoms with Gasteiger partial charge in [-0.05, 0) is 18.4 Å². The maximum atomic E-state index is 12.6. The third-order valence-electron chi connectivity index (χ3n) is 3.15. The zero-order chi connectivity index (χ0) is 15.5. The van der Waals surface area contributed by atoms with Gasteiger partial charge in [-0.1, -0.05) is 0 Å². The maximum absolute atomic E-state index is 12.6. The summed E-state index contributed by atoms with van der Waals surface area (Å²) in [5.41, 5.74) is 5.47. The molecule has 0 spiro atoms. The van der Waals surface area contributed by atoms with Crippen LogP contribution in [-0.4, -0.2) is 55.8 Å². The summed E-state index contributed by atoms with van der Waals surface area (Å²) in [7, 11) is -3.60. The minimum absolute atomic E-state index is 0. The highest BCUT2D eigenvalue weighted by Gasteiger charge is 2.31. The highest BCUT2D eigenvalue weighted by Crippen LogP contribution is 2.27. The zero-order valence-corrected chi connectivity index (χ0v) is 15.4. The molecule has 0 saturated carbocycles. The Morgan fingerprint density at radius 2 is 2.09 bits per heavy atom. The summed E-state index contributed by atoms with van der Waals surface area (Å²) >= 11 is 2.87. The van der Waals surface area contributed by atoms with Gasteiger partial charge in [-0.25, -0.2) is 8.42 Å². The topological polar surface area (TPSA) is 92.5 Å². The summed E-state index contributed by atoms with van der Waals surface area (Å²) < 4.78 is 26.7. The SMILES string of the molecule is C[C@@H](CN)NC(=O)c1sccc1S(=O)(=O)N1CCSCC1.Cl. The predicted molar refractivity (Wildman–Crippen MR) is 93.6 cm³/mol. The van der Waals surface area contributed by atoms with E-state index < -0.39 is 10.0 Å². The molecule has 1 aromatic rings. The van der Waals surface area contributed by atoms with Crippen LogP contribution in [0.3, 0.4) is 0 Å². The van der Waals surface area contributed by atoms with Gasteiger partial charge in [0, 0.05) is 37.2 Å². The quantitative estimate of drug-likeness (QED) is 0.788. The first kappa shape index (κ1) is 19.7. The predicted octanol–water partition coefficient (Wildman–Crippen LogP) is 0.984. The van der Waals surface area contributed by atoms with Crippen LogP contribution in [0.25, 0.3) is 0 Å². The minimum Gasteiger partial charge on any atom is -0.348 e. The highest BCUT2D eigenvalue weighted by molar-refractivity contribution is 7.99. The second kappa shape index (κ2) is 8.51. The number of rotatable bonds is 5. The van der Waals surface area contributed by atoms with E-state index in [4.69, 9.17) is 5.73 Å². The van der Waals surface area contributed by atoms with Gasteiger partial charge in [0.2, 0.25) is 10.0 Å². The van der Waals surface area contributed by atoms with Gasteiger partial charge in [-0.2, -0.15) is 16.1 Å². The average Bonchev–Trinajstić information content (AvgIpc) is 2.98. The lowest BCUT2D eigenvalue weighted by Gasteiger charge is -2.25. The van der Waals surface area contributed by atoms with Gasteiger partial charge in [0.05, 0.1) is 0 Å². The van der Waals surface area contributed by atoms with E-state index in [2.05, 4.69) is 5.32 Å². The monoisotopic (exact) mass is 385 g/mol. The smallest absolute Gasteiger partial charge is 0.263 e. The van der Waals surface area contributed by atoms with Crippen molar-refractivity contribution in [3.8, 4) is 0 Å². The standard InChI is InChI=1S/C12H19N3O3S3.ClH/c1-9(8-13)14-12(16)11-10(2-5-20-11)21(17,18)15-3-6-19-7-4-15;/h2,5,9H,3-4,6-8,13H2,1H3,(H,14,16);1H/t9-;/m0./s1. The van der Waals surface area contributed by atoms with E-state index in [0.717, 1.165) is 22.8 Å². The Kier molecular flexibility index (Phi) is 7.63. The summed E-state index contributed by atoms with van der Waals surface area (Å²) in [6.45, 7) is 3.07. The van der Waals surface area contributed by atoms with Crippen molar-refractivity contribution >= 4 is 51.4 Å². The summed E-state index contributed by atoms with van der Waals surface area (Å²) in [6, 6.07) is 1.31. The Morgan fingerprint density at radius 3 is 2.68 bits per heavy atom. The Morgan fingerprint density at radius 1 is 1.45 bits per heavy atom. The van der Waals surface area contributed by atoms with Gasteiger partial charge < -0.3 is 11.1 Å². The van der Waals surface area contributed by atoms with Crippen molar-refractivity contribution in [3.63, 3.8) is 0 Å². The number of amides is 1. The molecule has 0 aliphatic carbocycles. The van der Waals surface area contributed by atoms with Gasteiger partial charge in [-0.15, -0.1) is 23.7 Å². The molecule has 1 fully saturated rings. The van der Waals surface area contributed by atoms with Crippen molar-refractivity contribution in [2.75, 3.05) is 31.1 Å². The Balaban J connectivity index is 0.00000242. The number of carbonyl (C=O) groups excluding carboxylic acids is 1. The first-order chi connectivity index (χ1) is 9.96. The first-order valence-corrected chi connectivity index (χ1v) is 10.1. The van der Waals surface area contributed by atoms with E-state index in [-0.39, 0.29) is 34.1 Å². The Bertz CT molecular complexity index is 600. The van der Waals surface area contributed by atoms with Gasteiger partial charge in [-0.3, -0.25) is 4.79 Å². The van der Waals surface area contributed by atoms with Gasteiger partial charge in [0.1, 0.15) is 9.77 Å². The molecular weight excluding hydrogens is 366 g/mol. The van der Waals surface area contributed by atoms with Gasteiger partial charge in [0.15, 0.2) is 0 Å². The van der Waals surface area contributed by atoms with Crippen LogP contribution in [0, 0.1) is 0 Å². The zero-order valence-electron chi connectivity index (χ0n) is 12.1. The summed E-state index contributed by atoms with van der Waals surface area (Å²) in [5.74, 6) is 1.19. The van der Waals surface area contributed by atoms with Crippen molar-refractivity contribution in [3.05, 3.63) is 16.3 Å². The molecule has 2 heterocycles. The maximum Gasteiger partial charge on any atom is 0.263 e. The van der Waals surface area contributed by atoms with Crippen LogP contribution >= 0.6 is 35.5 Å². The number of hydrogen-bond donors (Lipinski definition) is 2. The van der Waals surface area contributed by atoms with Crippen LogP contribution in [0.2, 0.25) is 0 Å². The number of nitrogens with one attached hydrogen (secondary N) is 1. The number of carbonyl (C=O) groups is 1. The molecule has 22 heavy (non-hydrogen) atoms. The largest absolute Gasteiger partial charge is 0.348 e. The molecule has 1 aliphatic heterocycles. The summed E-state index contributed by atoms with van der Waals surface area (Å²) in [5, 5.41) is 4.34. The lowest BCUT2D eigenvalue weighted by Crippen LogP contribution is -2.40. The molecular formula is C12H20ClN3O3S3. The number of nitrogens with zero attached hydrogens (tertiary/aromatic N) is 1. The van der Waals surface area contributed by atoms with Crippen molar-refractivity contribution < 1.29 is 13.2 Å². The number of sulfonamides is 1. The molecule has 0 aromatic carbocycles. The molecule has 1 aromatic heterocycles. The molecule has 1 saturated heterocycles. The van der Waals surface area contributed by atoms with Crippen molar-refractivity contribution in [1.82, 2.24) is 9.62 Å². The highest BCUT2D eigenvalue weighted by atomic mass is 35.5. The van der Waals surface area contributed by atoms with Crippen molar-refractivity contribution in [1.29, 1.82) is 0 Å². The number of thioether (sulfide) groups is 1. The van der Waals surface area contributed by atoms with Crippen LogP contribution in [0.4, 0.5) is 0 Å². The molecule has 0 bridgehead atoms. The average molecular weight is 386 g/mol. The third-order valence-corrected chi connectivity index (χ3v) is 7.08. The van der Waals surface area contributed by atoms with Crippen molar-refractivity contribution in [2.45, 2.75) is 17.9 Å². The molecule has 6 nitrogen and oxygen atoms in total. The number of hydrogen-bond acceptors (Lipinski definition) is 6. The Labute approximate surface area is 145 Å². The van der Waals surface area contributed by atoms with E-state index in [1.807, 2.05) is 0 Å². The van der Waals surface area contributed by atoms with Gasteiger partial charge in [0.25, 0.3) is 5.91 Å². The molecule has 3 N–H and O–H groups in total. The summed E-state index contributed by atoms with van der Waals surface area (Å²) in [6.07, 6.45) is 0. The fourth-order valence-corrected chi connectivity index (χ4v) is 5.82. The van der Waals surface area contributed by atoms with Crippen LogP contribution in [0.1, 0.15) is 16.6 Å². The molecule has 126 valence electrons. The van der Waals surface area contributed by atoms with Crippen LogP contribution < -0.4 is 11.1 Å². The third kappa shape index (κ3) is 4.36. The molecule has 1 amide bonds. The normalized spacial score (nSPS) is 17.5. The molecule has 0 radical (unpaired) electrons. The summed E-state index contributed by atoms with van der Waals surface area (Å²) in [4.78, 5) is 12.5. The molecule has 0 unspecified atom stereocenters. The number of thiophene rings is 1. The van der Waals surface area contributed by atoms with E-state index in [9.17, 15) is 13.2 Å². The van der Waals surface area contributed by atoms with Crippen molar-refractivity contribution in [2.24, 2.45) is 5.73 Å². The van der Waals surface area contributed by atoms with E-state index in [0.29, 0.717) is 19.6 Å². The van der Waals surface area contributed by atoms with E-state index in [1.54, 1.807) is 24.1 Å².